The van der Waals surface area contributed by atoms with Crippen LogP contribution in [-0.4, -0.2) is 26.4 Å². The van der Waals surface area contributed by atoms with Crippen molar-refractivity contribution in [2.45, 2.75) is 13.5 Å². The van der Waals surface area contributed by atoms with Gasteiger partial charge in [0.15, 0.2) is 5.65 Å². The zero-order chi connectivity index (χ0) is 21.0. The molecule has 0 radical (unpaired) electrons. The van der Waals surface area contributed by atoms with Gasteiger partial charge in [0.25, 0.3) is 5.95 Å². The summed E-state index contributed by atoms with van der Waals surface area (Å²) in [5.74, 6) is 1.14. The number of aromatic amines is 1. The maximum Gasteiger partial charge on any atom is 0.265 e. The quantitative estimate of drug-likeness (QED) is 0.310. The highest BCUT2D eigenvalue weighted by Gasteiger charge is 2.09. The van der Waals surface area contributed by atoms with E-state index in [0.717, 1.165) is 38.9 Å². The van der Waals surface area contributed by atoms with Crippen molar-refractivity contribution in [2.75, 3.05) is 5.43 Å². The second-order valence-corrected chi connectivity index (χ2v) is 7.17. The Kier molecular flexibility index (Phi) is 4.98. The summed E-state index contributed by atoms with van der Waals surface area (Å²) in [6.07, 6.45) is 1.70. The fourth-order valence-electron chi connectivity index (χ4n) is 3.35. The number of H-pyrrole nitrogens is 1. The van der Waals surface area contributed by atoms with E-state index in [1.807, 2.05) is 79.7 Å². The van der Waals surface area contributed by atoms with Crippen LogP contribution in [0.3, 0.4) is 0 Å². The van der Waals surface area contributed by atoms with Crippen molar-refractivity contribution in [3.05, 3.63) is 89.5 Å². The Morgan fingerprint density at radius 1 is 0.968 bits per heavy atom. The van der Waals surface area contributed by atoms with Crippen molar-refractivity contribution in [1.29, 1.82) is 0 Å². The van der Waals surface area contributed by atoms with Crippen LogP contribution < -0.4 is 10.2 Å². The van der Waals surface area contributed by atoms with Gasteiger partial charge in [-0.15, -0.1) is 10.2 Å². The van der Waals surface area contributed by atoms with Gasteiger partial charge in [0.05, 0.1) is 11.7 Å². The number of hydrazone groups is 1. The molecule has 2 aromatic heterocycles. The second-order valence-electron chi connectivity index (χ2n) is 7.17. The minimum Gasteiger partial charge on any atom is -0.489 e. The van der Waals surface area contributed by atoms with Crippen molar-refractivity contribution in [3.8, 4) is 5.75 Å². The van der Waals surface area contributed by atoms with Crippen LogP contribution in [0.15, 0.2) is 77.9 Å². The lowest BCUT2D eigenvalue weighted by Crippen LogP contribution is -1.99. The van der Waals surface area contributed by atoms with Crippen molar-refractivity contribution in [2.24, 2.45) is 5.10 Å². The average molecular weight is 408 g/mol. The number of anilines is 1. The molecule has 31 heavy (non-hydrogen) atoms. The Hall–Kier alpha value is -4.26. The number of rotatable bonds is 6. The van der Waals surface area contributed by atoms with Crippen molar-refractivity contribution in [1.82, 2.24) is 20.2 Å². The summed E-state index contributed by atoms with van der Waals surface area (Å²) in [5.41, 5.74) is 8.49. The van der Waals surface area contributed by atoms with Crippen LogP contribution in [0, 0.1) is 6.92 Å². The number of aromatic nitrogens is 4. The summed E-state index contributed by atoms with van der Waals surface area (Å²) in [6, 6.07) is 23.8. The maximum atomic E-state index is 5.80. The second kappa shape index (κ2) is 8.23. The molecule has 0 spiro atoms. The van der Waals surface area contributed by atoms with Gasteiger partial charge in [-0.05, 0) is 47.9 Å². The molecule has 0 aliphatic heterocycles. The summed E-state index contributed by atoms with van der Waals surface area (Å²) < 4.78 is 5.80. The first-order valence-electron chi connectivity index (χ1n) is 9.94. The number of nitrogens with zero attached hydrogens (tertiary/aromatic N) is 4. The lowest BCUT2D eigenvalue weighted by molar-refractivity contribution is 0.306. The fraction of sp³-hybridized carbons (Fsp3) is 0.0833. The largest absolute Gasteiger partial charge is 0.489 e. The standard InChI is InChI=1S/C24H20N6O/c1-16-6-5-9-20-21(16)26-23-22(20)28-30-24(27-23)29-25-14-17-10-12-19(13-11-17)31-15-18-7-3-2-4-8-18/h2-14H,15H2,1H3,(H2,26,27,29,30)/b25-14-. The van der Waals surface area contributed by atoms with Crippen molar-refractivity contribution < 1.29 is 4.74 Å². The molecule has 0 aliphatic carbocycles. The molecule has 0 atom stereocenters. The molecule has 0 aliphatic rings. The molecular formula is C24H20N6O. The molecule has 5 aromatic rings. The molecule has 0 unspecified atom stereocenters. The van der Waals surface area contributed by atoms with Crippen LogP contribution >= 0.6 is 0 Å². The smallest absolute Gasteiger partial charge is 0.265 e. The first kappa shape index (κ1) is 18.7. The number of hydrogen-bond acceptors (Lipinski definition) is 6. The molecule has 2 N–H and O–H groups in total. The Morgan fingerprint density at radius 3 is 2.65 bits per heavy atom. The molecule has 0 amide bonds. The summed E-state index contributed by atoms with van der Waals surface area (Å²) in [4.78, 5) is 7.78. The van der Waals surface area contributed by atoms with E-state index in [2.05, 4.69) is 30.7 Å². The van der Waals surface area contributed by atoms with E-state index < -0.39 is 0 Å². The average Bonchev–Trinajstić information content (AvgIpc) is 3.19. The molecule has 0 saturated heterocycles. The Morgan fingerprint density at radius 2 is 1.81 bits per heavy atom. The number of fused-ring (bicyclic) bond motifs is 3. The first-order valence-corrected chi connectivity index (χ1v) is 9.94. The van der Waals surface area contributed by atoms with E-state index in [-0.39, 0.29) is 0 Å². The highest BCUT2D eigenvalue weighted by molar-refractivity contribution is 6.04. The topological polar surface area (TPSA) is 88.1 Å². The molecular weight excluding hydrogens is 388 g/mol. The lowest BCUT2D eigenvalue weighted by Gasteiger charge is -2.06. The van der Waals surface area contributed by atoms with Gasteiger partial charge in [-0.1, -0.05) is 48.5 Å². The number of hydrogen-bond donors (Lipinski definition) is 2. The van der Waals surface area contributed by atoms with Crippen LogP contribution in [0.1, 0.15) is 16.7 Å². The Balaban J connectivity index is 1.24. The molecule has 0 saturated carbocycles. The van der Waals surface area contributed by atoms with Gasteiger partial charge < -0.3 is 9.72 Å². The SMILES string of the molecule is Cc1cccc2c1[nH]c1nc(N/N=C\c3ccc(OCc4ccccc4)cc3)nnc12. The lowest BCUT2D eigenvalue weighted by atomic mass is 10.1. The first-order chi connectivity index (χ1) is 15.3. The highest BCUT2D eigenvalue weighted by atomic mass is 16.5. The van der Waals surface area contributed by atoms with Crippen molar-refractivity contribution >= 4 is 34.2 Å². The van der Waals surface area contributed by atoms with E-state index >= 15 is 0 Å². The molecule has 0 fully saturated rings. The van der Waals surface area contributed by atoms with Crippen LogP contribution in [0.5, 0.6) is 5.75 Å². The molecule has 152 valence electrons. The number of aryl methyl sites for hydroxylation is 1. The molecule has 2 heterocycles. The van der Waals surface area contributed by atoms with Gasteiger partial charge in [0, 0.05) is 5.39 Å². The van der Waals surface area contributed by atoms with Gasteiger partial charge in [-0.2, -0.15) is 10.1 Å². The van der Waals surface area contributed by atoms with Crippen LogP contribution in [0.4, 0.5) is 5.95 Å². The fourth-order valence-corrected chi connectivity index (χ4v) is 3.35. The van der Waals surface area contributed by atoms with E-state index in [1.165, 1.54) is 0 Å². The summed E-state index contributed by atoms with van der Waals surface area (Å²) in [6.45, 7) is 2.59. The van der Waals surface area contributed by atoms with E-state index in [4.69, 9.17) is 4.74 Å². The Bertz CT molecular complexity index is 1360. The summed E-state index contributed by atoms with van der Waals surface area (Å²) in [7, 11) is 0. The van der Waals surface area contributed by atoms with Crippen molar-refractivity contribution in [3.63, 3.8) is 0 Å². The van der Waals surface area contributed by atoms with E-state index in [9.17, 15) is 0 Å². The zero-order valence-electron chi connectivity index (χ0n) is 16.9. The highest BCUT2D eigenvalue weighted by Crippen LogP contribution is 2.24. The number of benzene rings is 3. The summed E-state index contributed by atoms with van der Waals surface area (Å²) >= 11 is 0. The zero-order valence-corrected chi connectivity index (χ0v) is 16.9. The van der Waals surface area contributed by atoms with Gasteiger partial charge in [0.1, 0.15) is 17.9 Å². The minimum atomic E-state index is 0.329. The molecule has 5 rings (SSSR count). The van der Waals surface area contributed by atoms with Crippen LogP contribution in [-0.2, 0) is 6.61 Å². The monoisotopic (exact) mass is 408 g/mol. The number of nitrogens with one attached hydrogen (secondary N) is 2. The minimum absolute atomic E-state index is 0.329. The molecule has 0 bridgehead atoms. The third-order valence-corrected chi connectivity index (χ3v) is 4.96. The van der Waals surface area contributed by atoms with E-state index in [1.54, 1.807) is 6.21 Å². The van der Waals surface area contributed by atoms with Gasteiger partial charge in [-0.25, -0.2) is 5.43 Å². The van der Waals surface area contributed by atoms with Gasteiger partial charge in [0.2, 0.25) is 0 Å². The predicted molar refractivity (Wildman–Crippen MR) is 122 cm³/mol. The third kappa shape index (κ3) is 4.06. The number of ether oxygens (including phenoxy) is 1. The number of para-hydroxylation sites is 1. The third-order valence-electron chi connectivity index (χ3n) is 4.96. The normalized spacial score (nSPS) is 11.4. The predicted octanol–water partition coefficient (Wildman–Crippen LogP) is 4.84. The van der Waals surface area contributed by atoms with Crippen LogP contribution in [0.2, 0.25) is 0 Å². The van der Waals surface area contributed by atoms with Gasteiger partial charge >= 0.3 is 0 Å². The van der Waals surface area contributed by atoms with Gasteiger partial charge in [-0.3, -0.25) is 0 Å². The molecule has 3 aromatic carbocycles. The molecule has 7 heteroatoms. The van der Waals surface area contributed by atoms with Crippen LogP contribution in [0.25, 0.3) is 22.1 Å². The maximum absolute atomic E-state index is 5.80. The van der Waals surface area contributed by atoms with E-state index in [0.29, 0.717) is 18.2 Å². The summed E-state index contributed by atoms with van der Waals surface area (Å²) in [5, 5.41) is 13.7. The Labute approximate surface area is 178 Å². The molecule has 7 nitrogen and oxygen atoms in total.